The van der Waals surface area contributed by atoms with E-state index >= 15 is 0 Å². The zero-order valence-corrected chi connectivity index (χ0v) is 10.7. The molecule has 0 amide bonds. The Hall–Kier alpha value is -0.710. The summed E-state index contributed by atoms with van der Waals surface area (Å²) in [5, 5.41) is 3.55. The van der Waals surface area contributed by atoms with Gasteiger partial charge in [-0.05, 0) is 18.9 Å². The standard InChI is InChI=1S/C11H8ClNOS2/c12-6-4-9(15-5-6)11-13-7-2-1-3-8(14)10(7)16-11/h4-5H,1-3H2. The molecule has 2 aromatic rings. The van der Waals surface area contributed by atoms with E-state index < -0.39 is 0 Å². The highest BCUT2D eigenvalue weighted by atomic mass is 35.5. The number of thiophene rings is 1. The quantitative estimate of drug-likeness (QED) is 0.782. The highest BCUT2D eigenvalue weighted by Gasteiger charge is 2.22. The van der Waals surface area contributed by atoms with Gasteiger partial charge in [-0.1, -0.05) is 11.6 Å². The number of hydrogen-bond donors (Lipinski definition) is 0. The number of rotatable bonds is 1. The lowest BCUT2D eigenvalue weighted by Crippen LogP contribution is -2.07. The largest absolute Gasteiger partial charge is 0.293 e. The van der Waals surface area contributed by atoms with Crippen molar-refractivity contribution >= 4 is 40.1 Å². The lowest BCUT2D eigenvalue weighted by atomic mass is 10.0. The number of aryl methyl sites for hydroxylation is 1. The third-order valence-electron chi connectivity index (χ3n) is 2.55. The predicted molar refractivity (Wildman–Crippen MR) is 67.7 cm³/mol. The molecule has 0 atom stereocenters. The van der Waals surface area contributed by atoms with Gasteiger partial charge in [0.25, 0.3) is 0 Å². The van der Waals surface area contributed by atoms with E-state index in [1.54, 1.807) is 11.3 Å². The fourth-order valence-corrected chi connectivity index (χ4v) is 4.02. The first-order valence-electron chi connectivity index (χ1n) is 5.01. The molecule has 0 saturated heterocycles. The van der Waals surface area contributed by atoms with Crippen molar-refractivity contribution in [1.29, 1.82) is 0 Å². The van der Waals surface area contributed by atoms with E-state index in [0.717, 1.165) is 38.3 Å². The van der Waals surface area contributed by atoms with Gasteiger partial charge in [-0.25, -0.2) is 4.98 Å². The molecule has 2 heterocycles. The maximum Gasteiger partial charge on any atom is 0.174 e. The van der Waals surface area contributed by atoms with E-state index in [1.165, 1.54) is 11.3 Å². The SMILES string of the molecule is O=C1CCCc2nc(-c3cc(Cl)cs3)sc21. The van der Waals surface area contributed by atoms with Gasteiger partial charge in [-0.3, -0.25) is 4.79 Å². The van der Waals surface area contributed by atoms with Crippen LogP contribution in [0.5, 0.6) is 0 Å². The molecule has 0 bridgehead atoms. The topological polar surface area (TPSA) is 30.0 Å². The smallest absolute Gasteiger partial charge is 0.174 e. The number of aromatic nitrogens is 1. The molecule has 82 valence electrons. The highest BCUT2D eigenvalue weighted by molar-refractivity contribution is 7.22. The fraction of sp³-hybridized carbons (Fsp3) is 0.273. The molecule has 0 fully saturated rings. The molecule has 0 unspecified atom stereocenters. The summed E-state index contributed by atoms with van der Waals surface area (Å²) < 4.78 is 0. The van der Waals surface area contributed by atoms with Crippen molar-refractivity contribution in [3.05, 3.63) is 27.0 Å². The van der Waals surface area contributed by atoms with Gasteiger partial charge < -0.3 is 0 Å². The highest BCUT2D eigenvalue weighted by Crippen LogP contribution is 2.36. The molecule has 0 spiro atoms. The molecule has 3 rings (SSSR count). The number of hydrogen-bond acceptors (Lipinski definition) is 4. The van der Waals surface area contributed by atoms with Gasteiger partial charge in [0.1, 0.15) is 5.01 Å². The summed E-state index contributed by atoms with van der Waals surface area (Å²) in [5.74, 6) is 0.243. The molecule has 1 aliphatic rings. The van der Waals surface area contributed by atoms with Crippen molar-refractivity contribution in [1.82, 2.24) is 4.98 Å². The monoisotopic (exact) mass is 269 g/mol. The molecule has 0 N–H and O–H groups in total. The van der Waals surface area contributed by atoms with Crippen LogP contribution in [0.4, 0.5) is 0 Å². The van der Waals surface area contributed by atoms with Crippen molar-refractivity contribution in [3.8, 4) is 9.88 Å². The van der Waals surface area contributed by atoms with E-state index in [0.29, 0.717) is 6.42 Å². The molecule has 2 aromatic heterocycles. The Morgan fingerprint density at radius 3 is 2.94 bits per heavy atom. The minimum Gasteiger partial charge on any atom is -0.293 e. The Balaban J connectivity index is 2.07. The van der Waals surface area contributed by atoms with Crippen LogP contribution >= 0.6 is 34.3 Å². The normalized spacial score (nSPS) is 15.2. The van der Waals surface area contributed by atoms with E-state index in [-0.39, 0.29) is 5.78 Å². The summed E-state index contributed by atoms with van der Waals surface area (Å²) in [6, 6.07) is 1.90. The average Bonchev–Trinajstić information content (AvgIpc) is 2.84. The average molecular weight is 270 g/mol. The second-order valence-electron chi connectivity index (χ2n) is 3.70. The number of ketones is 1. The summed E-state index contributed by atoms with van der Waals surface area (Å²) in [4.78, 5) is 18.1. The molecule has 0 aliphatic heterocycles. The van der Waals surface area contributed by atoms with E-state index in [4.69, 9.17) is 11.6 Å². The first kappa shape index (κ1) is 10.4. The van der Waals surface area contributed by atoms with Gasteiger partial charge >= 0.3 is 0 Å². The summed E-state index contributed by atoms with van der Waals surface area (Å²) in [5.41, 5.74) is 0.973. The summed E-state index contributed by atoms with van der Waals surface area (Å²) >= 11 is 8.96. The molecule has 0 aromatic carbocycles. The minimum atomic E-state index is 0.243. The van der Waals surface area contributed by atoms with Crippen LogP contribution in [0, 0.1) is 0 Å². The fourth-order valence-electron chi connectivity index (χ4n) is 1.80. The first-order valence-corrected chi connectivity index (χ1v) is 7.09. The molecule has 1 aliphatic carbocycles. The first-order chi connectivity index (χ1) is 7.74. The Bertz CT molecular complexity index is 558. The molecular formula is C11H8ClNOS2. The zero-order valence-electron chi connectivity index (χ0n) is 8.33. The third-order valence-corrected chi connectivity index (χ3v) is 5.13. The maximum atomic E-state index is 11.7. The van der Waals surface area contributed by atoms with Gasteiger partial charge in [0.15, 0.2) is 5.78 Å². The Morgan fingerprint density at radius 2 is 2.25 bits per heavy atom. The van der Waals surface area contributed by atoms with Crippen molar-refractivity contribution in [2.75, 3.05) is 0 Å². The number of carbonyl (C=O) groups excluding carboxylic acids is 1. The van der Waals surface area contributed by atoms with Gasteiger partial charge in [0.05, 0.1) is 20.5 Å². The predicted octanol–water partition coefficient (Wildman–Crippen LogP) is 4.04. The third kappa shape index (κ3) is 1.71. The van der Waals surface area contributed by atoms with Crippen LogP contribution in [0.25, 0.3) is 9.88 Å². The van der Waals surface area contributed by atoms with Gasteiger partial charge in [-0.2, -0.15) is 0 Å². The van der Waals surface area contributed by atoms with Crippen LogP contribution in [-0.2, 0) is 6.42 Å². The Morgan fingerprint density at radius 1 is 1.38 bits per heavy atom. The number of Topliss-reactive ketones (excluding diaryl/α,β-unsaturated/α-hetero) is 1. The zero-order chi connectivity index (χ0) is 11.1. The molecule has 0 saturated carbocycles. The van der Waals surface area contributed by atoms with Crippen LogP contribution in [0.3, 0.4) is 0 Å². The van der Waals surface area contributed by atoms with E-state index in [9.17, 15) is 4.79 Å². The van der Waals surface area contributed by atoms with Crippen LogP contribution in [0.15, 0.2) is 11.4 Å². The molecule has 16 heavy (non-hydrogen) atoms. The molecule has 0 radical (unpaired) electrons. The molecular weight excluding hydrogens is 262 g/mol. The Labute approximate surface area is 106 Å². The second kappa shape index (κ2) is 3.95. The van der Waals surface area contributed by atoms with Crippen molar-refractivity contribution in [2.45, 2.75) is 19.3 Å². The lowest BCUT2D eigenvalue weighted by molar-refractivity contribution is 0.0976. The summed E-state index contributed by atoms with van der Waals surface area (Å²) in [7, 11) is 0. The lowest BCUT2D eigenvalue weighted by Gasteiger charge is -2.06. The van der Waals surface area contributed by atoms with Gasteiger partial charge in [-0.15, -0.1) is 22.7 Å². The van der Waals surface area contributed by atoms with Crippen LogP contribution in [0.2, 0.25) is 5.02 Å². The summed E-state index contributed by atoms with van der Waals surface area (Å²) in [6.07, 6.45) is 2.52. The second-order valence-corrected chi connectivity index (χ2v) is 6.05. The minimum absolute atomic E-state index is 0.243. The van der Waals surface area contributed by atoms with Crippen molar-refractivity contribution in [3.63, 3.8) is 0 Å². The van der Waals surface area contributed by atoms with Crippen LogP contribution in [0.1, 0.15) is 28.2 Å². The molecule has 5 heteroatoms. The number of nitrogens with zero attached hydrogens (tertiary/aromatic N) is 1. The van der Waals surface area contributed by atoms with E-state index in [1.807, 2.05) is 11.4 Å². The van der Waals surface area contributed by atoms with Gasteiger partial charge in [0.2, 0.25) is 0 Å². The van der Waals surface area contributed by atoms with Crippen molar-refractivity contribution in [2.24, 2.45) is 0 Å². The van der Waals surface area contributed by atoms with Crippen molar-refractivity contribution < 1.29 is 4.79 Å². The van der Waals surface area contributed by atoms with Crippen LogP contribution < -0.4 is 0 Å². The number of carbonyl (C=O) groups is 1. The summed E-state index contributed by atoms with van der Waals surface area (Å²) in [6.45, 7) is 0. The Kier molecular flexibility index (Phi) is 2.58. The van der Waals surface area contributed by atoms with Crippen LogP contribution in [-0.4, -0.2) is 10.8 Å². The number of thiazole rings is 1. The molecule has 2 nitrogen and oxygen atoms in total. The maximum absolute atomic E-state index is 11.7. The van der Waals surface area contributed by atoms with Gasteiger partial charge in [0, 0.05) is 11.8 Å². The number of fused-ring (bicyclic) bond motifs is 1. The van der Waals surface area contributed by atoms with E-state index in [2.05, 4.69) is 4.98 Å². The number of halogens is 1.